The van der Waals surface area contributed by atoms with Gasteiger partial charge in [0.25, 0.3) is 0 Å². The summed E-state index contributed by atoms with van der Waals surface area (Å²) < 4.78 is 3.80. The summed E-state index contributed by atoms with van der Waals surface area (Å²) in [5.41, 5.74) is 0. The Morgan fingerprint density at radius 3 is 1.41 bits per heavy atom. The van der Waals surface area contributed by atoms with Crippen LogP contribution in [0.25, 0.3) is 0 Å². The molecule has 0 spiro atoms. The van der Waals surface area contributed by atoms with Gasteiger partial charge >= 0.3 is 223 Å². The fourth-order valence-corrected chi connectivity index (χ4v) is 14.3. The zero-order valence-corrected chi connectivity index (χ0v) is 25.7. The Hall–Kier alpha value is -1.00. The molecule has 0 aliphatic heterocycles. The molecular formula is C30H42IOPSi. The molecule has 0 aromatic heterocycles. The van der Waals surface area contributed by atoms with Crippen molar-refractivity contribution in [3.05, 3.63) is 91.0 Å². The summed E-state index contributed by atoms with van der Waals surface area (Å²) in [4.78, 5) is 0. The number of halogens is 1. The van der Waals surface area contributed by atoms with Gasteiger partial charge in [-0.25, -0.2) is 0 Å². The van der Waals surface area contributed by atoms with E-state index in [1.807, 2.05) is 0 Å². The van der Waals surface area contributed by atoms with Crippen molar-refractivity contribution in [1.29, 1.82) is 0 Å². The van der Waals surface area contributed by atoms with Crippen LogP contribution in [0, 0.1) is 0 Å². The van der Waals surface area contributed by atoms with Gasteiger partial charge < -0.3 is 0 Å². The van der Waals surface area contributed by atoms with Crippen molar-refractivity contribution in [1.82, 2.24) is 0 Å². The zero-order valence-electron chi connectivity index (χ0n) is 21.6. The Kier molecular flexibility index (Phi) is 9.22. The van der Waals surface area contributed by atoms with Crippen molar-refractivity contribution in [2.24, 2.45) is 0 Å². The molecule has 0 aliphatic carbocycles. The number of rotatable bonds is 11. The summed E-state index contributed by atoms with van der Waals surface area (Å²) in [6, 6.07) is 33.8. The van der Waals surface area contributed by atoms with E-state index in [0.717, 1.165) is 13.0 Å². The molecular weight excluding hydrogens is 562 g/mol. The maximum atomic E-state index is 6.41. The van der Waals surface area contributed by atoms with E-state index in [1.165, 1.54) is 41.3 Å². The topological polar surface area (TPSA) is 9.23 Å². The molecule has 3 aromatic carbocycles. The monoisotopic (exact) mass is 604 g/mol. The SMILES string of the molecule is CC(C)(C)[Si](C)(C)OCCCCCCP(I)(c1ccccc1)(c1ccccc1)c1ccccc1. The van der Waals surface area contributed by atoms with Crippen LogP contribution in [0.2, 0.25) is 18.1 Å². The van der Waals surface area contributed by atoms with E-state index in [1.54, 1.807) is 0 Å². The molecule has 0 bridgehead atoms. The second-order valence-electron chi connectivity index (χ2n) is 10.9. The van der Waals surface area contributed by atoms with Gasteiger partial charge in [0.2, 0.25) is 0 Å². The van der Waals surface area contributed by atoms with Crippen molar-refractivity contribution in [3.8, 4) is 0 Å². The number of unbranched alkanes of at least 4 members (excludes halogenated alkanes) is 3. The van der Waals surface area contributed by atoms with Crippen molar-refractivity contribution in [2.75, 3.05) is 12.8 Å². The van der Waals surface area contributed by atoms with E-state index in [4.69, 9.17) is 4.43 Å². The molecule has 0 fully saturated rings. The molecule has 0 heterocycles. The minimum absolute atomic E-state index is 0.284. The third-order valence-corrected chi connectivity index (χ3v) is 23.9. The van der Waals surface area contributed by atoms with Gasteiger partial charge in [0.05, 0.1) is 0 Å². The van der Waals surface area contributed by atoms with E-state index < -0.39 is 12.6 Å². The van der Waals surface area contributed by atoms with Gasteiger partial charge in [0.1, 0.15) is 0 Å². The summed E-state index contributed by atoms with van der Waals surface area (Å²) in [7, 11) is -1.64. The van der Waals surface area contributed by atoms with Gasteiger partial charge in [-0.3, -0.25) is 0 Å². The summed E-state index contributed by atoms with van der Waals surface area (Å²) >= 11 is 2.90. The van der Waals surface area contributed by atoms with E-state index in [-0.39, 0.29) is 5.04 Å². The average Bonchev–Trinajstić information content (AvgIpc) is 2.84. The molecule has 0 radical (unpaired) electrons. The molecule has 4 heteroatoms. The molecule has 0 aliphatic rings. The molecule has 0 N–H and O–H groups in total. The van der Waals surface area contributed by atoms with Gasteiger partial charge in [-0.05, 0) is 0 Å². The Labute approximate surface area is 222 Å². The maximum absolute atomic E-state index is 6.41. The van der Waals surface area contributed by atoms with E-state index in [0.29, 0.717) is 0 Å². The molecule has 1 nitrogen and oxygen atoms in total. The molecule has 0 saturated carbocycles. The van der Waals surface area contributed by atoms with Crippen LogP contribution in [0.1, 0.15) is 46.5 Å². The van der Waals surface area contributed by atoms with Crippen molar-refractivity contribution >= 4 is 50.5 Å². The van der Waals surface area contributed by atoms with Crippen LogP contribution in [0.5, 0.6) is 0 Å². The minimum atomic E-state index is -2.62. The van der Waals surface area contributed by atoms with Gasteiger partial charge in [-0.2, -0.15) is 0 Å². The second-order valence-corrected chi connectivity index (χ2v) is 26.5. The van der Waals surface area contributed by atoms with Crippen molar-refractivity contribution in [3.63, 3.8) is 0 Å². The molecule has 3 rings (SSSR count). The normalized spacial score (nSPS) is 13.9. The summed E-state index contributed by atoms with van der Waals surface area (Å²) in [5.74, 6) is 0. The first kappa shape index (κ1) is 27.6. The molecule has 3 aromatic rings. The van der Waals surface area contributed by atoms with Crippen LogP contribution in [0.4, 0.5) is 0 Å². The van der Waals surface area contributed by atoms with Gasteiger partial charge in [0, 0.05) is 0 Å². The number of benzene rings is 3. The van der Waals surface area contributed by atoms with Crippen LogP contribution < -0.4 is 15.9 Å². The van der Waals surface area contributed by atoms with E-state index >= 15 is 0 Å². The van der Waals surface area contributed by atoms with E-state index in [9.17, 15) is 0 Å². The number of hydrogen-bond donors (Lipinski definition) is 0. The zero-order chi connectivity index (χ0) is 24.7. The van der Waals surface area contributed by atoms with Gasteiger partial charge in [0.15, 0.2) is 0 Å². The standard InChI is InChI=1S/C30H42IOPSi/c1-30(2,3)34(4,5)32-25-17-6-7-18-26-33(31,27-19-11-8-12-20-27,28-21-13-9-14-22-28)29-23-15-10-16-24-29/h8-16,19-24H,6-7,17-18,25-26H2,1-5H3. The Bertz CT molecular complexity index is 917. The van der Waals surface area contributed by atoms with Crippen molar-refractivity contribution in [2.45, 2.75) is 64.6 Å². The summed E-state index contributed by atoms with van der Waals surface area (Å²) in [5, 5.41) is 4.72. The quantitative estimate of drug-likeness (QED) is 0.0924. The third kappa shape index (κ3) is 5.86. The Morgan fingerprint density at radius 1 is 0.647 bits per heavy atom. The average molecular weight is 605 g/mol. The van der Waals surface area contributed by atoms with Gasteiger partial charge in [-0.1, -0.05) is 0 Å². The first-order chi connectivity index (χ1) is 16.1. The molecule has 34 heavy (non-hydrogen) atoms. The predicted octanol–water partition coefficient (Wildman–Crippen LogP) is 8.45. The predicted molar refractivity (Wildman–Crippen MR) is 166 cm³/mol. The van der Waals surface area contributed by atoms with Crippen LogP contribution in [0.15, 0.2) is 91.0 Å². The van der Waals surface area contributed by atoms with Crippen molar-refractivity contribution < 1.29 is 4.43 Å². The Balaban J connectivity index is 1.80. The van der Waals surface area contributed by atoms with Crippen LogP contribution in [-0.4, -0.2) is 21.1 Å². The fourth-order valence-electron chi connectivity index (χ4n) is 4.46. The Morgan fingerprint density at radius 2 is 1.03 bits per heavy atom. The summed E-state index contributed by atoms with van der Waals surface area (Å²) in [6.45, 7) is 12.6. The molecule has 0 saturated heterocycles. The first-order valence-corrected chi connectivity index (χ1v) is 20.7. The van der Waals surface area contributed by atoms with Gasteiger partial charge in [-0.15, -0.1) is 0 Å². The fraction of sp³-hybridized carbons (Fsp3) is 0.400. The third-order valence-electron chi connectivity index (χ3n) is 7.63. The molecule has 0 amide bonds. The molecule has 0 atom stereocenters. The van der Waals surface area contributed by atoms with Crippen LogP contribution in [0.3, 0.4) is 0 Å². The molecule has 0 unspecified atom stereocenters. The van der Waals surface area contributed by atoms with E-state index in [2.05, 4.69) is 147 Å². The second kappa shape index (κ2) is 11.4. The van der Waals surface area contributed by atoms with Crippen LogP contribution in [-0.2, 0) is 4.43 Å². The first-order valence-electron chi connectivity index (χ1n) is 12.6. The summed E-state index contributed by atoms with van der Waals surface area (Å²) in [6.07, 6.45) is 6.04. The molecule has 184 valence electrons. The number of hydrogen-bond acceptors (Lipinski definition) is 1. The van der Waals surface area contributed by atoms with Crippen LogP contribution >= 0.6 is 26.3 Å².